The van der Waals surface area contributed by atoms with E-state index in [1.807, 2.05) is 20.8 Å². The number of aromatic nitrogens is 2. The van der Waals surface area contributed by atoms with E-state index in [9.17, 15) is 13.6 Å². The first-order valence-electron chi connectivity index (χ1n) is 10.3. The van der Waals surface area contributed by atoms with Gasteiger partial charge < -0.3 is 20.5 Å². The van der Waals surface area contributed by atoms with Gasteiger partial charge in [0.1, 0.15) is 23.9 Å². The van der Waals surface area contributed by atoms with Crippen molar-refractivity contribution in [2.24, 2.45) is 5.73 Å². The van der Waals surface area contributed by atoms with Crippen molar-refractivity contribution in [2.45, 2.75) is 45.9 Å². The van der Waals surface area contributed by atoms with Crippen LogP contribution in [0.4, 0.5) is 8.78 Å². The quantitative estimate of drug-likeness (QED) is 0.525. The molecule has 1 unspecified atom stereocenters. The molecule has 9 heteroatoms. The van der Waals surface area contributed by atoms with Crippen LogP contribution in [-0.2, 0) is 18.0 Å². The Bertz CT molecular complexity index is 1110. The molecule has 1 atom stereocenters. The van der Waals surface area contributed by atoms with E-state index in [1.54, 1.807) is 16.7 Å². The lowest BCUT2D eigenvalue weighted by molar-refractivity contribution is 0.0933. The summed E-state index contributed by atoms with van der Waals surface area (Å²) in [4.78, 5) is 17.6. The second-order valence-electron chi connectivity index (χ2n) is 8.09. The van der Waals surface area contributed by atoms with Crippen LogP contribution in [0.1, 0.15) is 47.6 Å². The second kappa shape index (κ2) is 9.62. The minimum Gasteiger partial charge on any atom is -0.485 e. The number of hydrogen-bond acceptors (Lipinski definition) is 5. The number of pyridine rings is 1. The molecule has 2 aromatic heterocycles. The third-order valence-corrected chi connectivity index (χ3v) is 5.29. The van der Waals surface area contributed by atoms with Crippen LogP contribution < -0.4 is 15.8 Å². The summed E-state index contributed by atoms with van der Waals surface area (Å²) in [5.41, 5.74) is 7.23. The lowest BCUT2D eigenvalue weighted by Gasteiger charge is -2.23. The number of nitrogens with one attached hydrogen (secondary N) is 1. The molecule has 0 aliphatic carbocycles. The Morgan fingerprint density at radius 1 is 1.28 bits per heavy atom. The Kier molecular flexibility index (Phi) is 7.10. The average molecular weight is 446 g/mol. The molecule has 172 valence electrons. The molecule has 0 fully saturated rings. The number of rotatable bonds is 9. The highest BCUT2D eigenvalue weighted by Crippen LogP contribution is 2.26. The number of aryl methyl sites for hydroxylation is 1. The normalized spacial score (nSPS) is 13.2. The Morgan fingerprint density at radius 3 is 2.59 bits per heavy atom. The number of ether oxygens (including phenoxy) is 2. The Labute approximate surface area is 185 Å². The van der Waals surface area contributed by atoms with Crippen LogP contribution in [0.2, 0.25) is 0 Å². The maximum atomic E-state index is 14.0. The fraction of sp³-hybridized carbons (Fsp3) is 0.391. The number of imidazole rings is 1. The summed E-state index contributed by atoms with van der Waals surface area (Å²) in [6, 6.07) is 5.33. The van der Waals surface area contributed by atoms with Crippen molar-refractivity contribution in [1.29, 1.82) is 0 Å². The summed E-state index contributed by atoms with van der Waals surface area (Å²) < 4.78 is 40.6. The van der Waals surface area contributed by atoms with E-state index in [0.29, 0.717) is 29.2 Å². The van der Waals surface area contributed by atoms with Crippen molar-refractivity contribution in [2.75, 3.05) is 13.7 Å². The molecule has 3 N–H and O–H groups in total. The van der Waals surface area contributed by atoms with Crippen molar-refractivity contribution < 1.29 is 23.0 Å². The molecule has 7 nitrogen and oxygen atoms in total. The SMILES string of the molecule is CCC(C)(N)CNC(=O)c1c(COC)nc2c(OCc3c(F)cccc3F)cc(C)cn12. The Balaban J connectivity index is 1.99. The smallest absolute Gasteiger partial charge is 0.270 e. The zero-order chi connectivity index (χ0) is 23.5. The molecule has 3 rings (SSSR count). The van der Waals surface area contributed by atoms with Gasteiger partial charge in [-0.3, -0.25) is 9.20 Å². The Hall–Kier alpha value is -3.04. The number of nitrogens with two attached hydrogens (primary N) is 1. The van der Waals surface area contributed by atoms with Crippen LogP contribution >= 0.6 is 0 Å². The fourth-order valence-electron chi connectivity index (χ4n) is 3.19. The monoisotopic (exact) mass is 446 g/mol. The number of halogens is 2. The molecule has 0 aliphatic heterocycles. The van der Waals surface area contributed by atoms with Crippen LogP contribution in [0.25, 0.3) is 5.65 Å². The minimum absolute atomic E-state index is 0.0958. The van der Waals surface area contributed by atoms with Gasteiger partial charge in [0, 0.05) is 25.4 Å². The summed E-state index contributed by atoms with van der Waals surface area (Å²) >= 11 is 0. The van der Waals surface area contributed by atoms with Crippen molar-refractivity contribution in [3.05, 3.63) is 64.6 Å². The molecule has 0 spiro atoms. The molecular formula is C23H28F2N4O3. The number of nitrogens with zero attached hydrogens (tertiary/aromatic N) is 2. The van der Waals surface area contributed by atoms with Crippen molar-refractivity contribution in [3.8, 4) is 5.75 Å². The highest BCUT2D eigenvalue weighted by Gasteiger charge is 2.24. The molecule has 0 saturated heterocycles. The van der Waals surface area contributed by atoms with Gasteiger partial charge in [0.15, 0.2) is 11.4 Å². The molecule has 0 saturated carbocycles. The number of methoxy groups -OCH3 is 1. The number of carbonyl (C=O) groups is 1. The van der Waals surface area contributed by atoms with Gasteiger partial charge in [0.05, 0.1) is 17.9 Å². The third-order valence-electron chi connectivity index (χ3n) is 5.29. The summed E-state index contributed by atoms with van der Waals surface area (Å²) in [6.45, 7) is 5.68. The fourth-order valence-corrected chi connectivity index (χ4v) is 3.19. The predicted molar refractivity (Wildman–Crippen MR) is 117 cm³/mol. The van der Waals surface area contributed by atoms with Crippen molar-refractivity contribution >= 4 is 11.6 Å². The van der Waals surface area contributed by atoms with Gasteiger partial charge in [-0.2, -0.15) is 0 Å². The van der Waals surface area contributed by atoms with Gasteiger partial charge in [0.25, 0.3) is 5.91 Å². The highest BCUT2D eigenvalue weighted by molar-refractivity contribution is 5.95. The summed E-state index contributed by atoms with van der Waals surface area (Å²) in [5.74, 6) is -1.46. The zero-order valence-electron chi connectivity index (χ0n) is 18.7. The molecule has 1 aromatic carbocycles. The molecule has 0 radical (unpaired) electrons. The van der Waals surface area contributed by atoms with E-state index in [4.69, 9.17) is 15.2 Å². The van der Waals surface area contributed by atoms with E-state index in [2.05, 4.69) is 10.3 Å². The van der Waals surface area contributed by atoms with Crippen LogP contribution in [-0.4, -0.2) is 34.5 Å². The summed E-state index contributed by atoms with van der Waals surface area (Å²) in [6.07, 6.45) is 2.43. The number of benzene rings is 1. The van der Waals surface area contributed by atoms with Gasteiger partial charge >= 0.3 is 0 Å². The van der Waals surface area contributed by atoms with Gasteiger partial charge in [-0.05, 0) is 44.0 Å². The van der Waals surface area contributed by atoms with Gasteiger partial charge in [-0.15, -0.1) is 0 Å². The van der Waals surface area contributed by atoms with Crippen molar-refractivity contribution in [3.63, 3.8) is 0 Å². The maximum absolute atomic E-state index is 14.0. The number of hydrogen-bond donors (Lipinski definition) is 2. The molecular weight excluding hydrogens is 418 g/mol. The molecule has 1 amide bonds. The van der Waals surface area contributed by atoms with E-state index < -0.39 is 17.2 Å². The van der Waals surface area contributed by atoms with E-state index in [1.165, 1.54) is 25.3 Å². The lowest BCUT2D eigenvalue weighted by Crippen LogP contribution is -2.47. The van der Waals surface area contributed by atoms with Crippen LogP contribution in [0.3, 0.4) is 0 Å². The van der Waals surface area contributed by atoms with Crippen molar-refractivity contribution in [1.82, 2.24) is 14.7 Å². The Morgan fingerprint density at radius 2 is 1.97 bits per heavy atom. The standard InChI is InChI=1S/C23H28F2N4O3/c1-5-23(3,26)13-27-22(30)20-18(12-31-4)28-21-19(9-14(2)10-29(20)21)32-11-15-16(24)7-6-8-17(15)25/h6-10H,5,11-13,26H2,1-4H3,(H,27,30). The largest absolute Gasteiger partial charge is 0.485 e. The molecule has 3 aromatic rings. The van der Waals surface area contributed by atoms with Gasteiger partial charge in [-0.1, -0.05) is 13.0 Å². The van der Waals surface area contributed by atoms with Crippen LogP contribution in [0, 0.1) is 18.6 Å². The van der Waals surface area contributed by atoms with E-state index in [-0.39, 0.29) is 31.2 Å². The van der Waals surface area contributed by atoms with Gasteiger partial charge in [0.2, 0.25) is 0 Å². The predicted octanol–water partition coefficient (Wildman–Crippen LogP) is 3.50. The maximum Gasteiger partial charge on any atom is 0.270 e. The first kappa shape index (κ1) is 23.6. The van der Waals surface area contributed by atoms with E-state index in [0.717, 1.165) is 5.56 Å². The lowest BCUT2D eigenvalue weighted by atomic mass is 10.0. The summed E-state index contributed by atoms with van der Waals surface area (Å²) in [5, 5.41) is 2.86. The summed E-state index contributed by atoms with van der Waals surface area (Å²) in [7, 11) is 1.50. The average Bonchev–Trinajstić information content (AvgIpc) is 3.10. The number of carbonyl (C=O) groups excluding carboxylic acids is 1. The van der Waals surface area contributed by atoms with Gasteiger partial charge in [-0.25, -0.2) is 13.8 Å². The first-order valence-corrected chi connectivity index (χ1v) is 10.3. The highest BCUT2D eigenvalue weighted by atomic mass is 19.1. The zero-order valence-corrected chi connectivity index (χ0v) is 18.7. The van der Waals surface area contributed by atoms with Crippen LogP contribution in [0.15, 0.2) is 30.5 Å². The van der Waals surface area contributed by atoms with E-state index >= 15 is 0 Å². The van der Waals surface area contributed by atoms with Crippen LogP contribution in [0.5, 0.6) is 5.75 Å². The molecule has 32 heavy (non-hydrogen) atoms. The molecule has 2 heterocycles. The number of fused-ring (bicyclic) bond motifs is 1. The minimum atomic E-state index is -0.696. The topological polar surface area (TPSA) is 90.9 Å². The third kappa shape index (κ3) is 5.05. The second-order valence-corrected chi connectivity index (χ2v) is 8.09. The first-order chi connectivity index (χ1) is 15.2. The number of amides is 1. The molecule has 0 aliphatic rings. The molecule has 0 bridgehead atoms.